The molecule has 0 saturated carbocycles. The Labute approximate surface area is 69.0 Å². The fourth-order valence-corrected chi connectivity index (χ4v) is 1.11. The zero-order chi connectivity index (χ0) is 10.2. The minimum absolute atomic E-state index is 0.763. The molecule has 1 N–H and O–H groups in total. The number of carboxylic acids is 1. The van der Waals surface area contributed by atoms with Crippen molar-refractivity contribution in [3.05, 3.63) is 0 Å². The molecular weight excluding hydrogens is 197 g/mol. The smallest absolute Gasteiger partial charge is 0.472 e. The third-order valence-corrected chi connectivity index (χ3v) is 2.71. The highest BCUT2D eigenvalue weighted by Crippen LogP contribution is 2.29. The summed E-state index contributed by atoms with van der Waals surface area (Å²) in [4.78, 5) is 10.2. The maximum Gasteiger partial charge on any atom is 0.472 e. The van der Waals surface area contributed by atoms with Gasteiger partial charge < -0.3 is 5.11 Å². The van der Waals surface area contributed by atoms with Crippen molar-refractivity contribution < 1.29 is 27.3 Å². The molecule has 0 aliphatic heterocycles. The molecule has 0 fully saturated rings. The molecule has 0 rings (SSSR count). The first-order chi connectivity index (χ1) is 5.10. The number of alkyl halides is 3. The summed E-state index contributed by atoms with van der Waals surface area (Å²) in [6.45, 7) is 1.53. The summed E-state index contributed by atoms with van der Waals surface area (Å²) >= 11 is 0. The molecule has 1 atom stereocenters. The highest BCUT2D eigenvalue weighted by atomic mass is 32.2. The van der Waals surface area contributed by atoms with Crippen LogP contribution >= 0.6 is 0 Å². The van der Waals surface area contributed by atoms with Crippen molar-refractivity contribution in [1.29, 1.82) is 0 Å². The lowest BCUT2D eigenvalue weighted by atomic mass is 10.2. The maximum atomic E-state index is 11.7. The van der Waals surface area contributed by atoms with E-state index in [1.165, 1.54) is 0 Å². The Morgan fingerprint density at radius 1 is 1.33 bits per heavy atom. The van der Waals surface area contributed by atoms with Gasteiger partial charge in [-0.15, -0.1) is 0 Å². The number of hydrogen-bond donors (Lipinski definition) is 1. The van der Waals surface area contributed by atoms with E-state index < -0.39 is 27.0 Å². The highest BCUT2D eigenvalue weighted by Gasteiger charge is 2.50. The third-order valence-electron chi connectivity index (χ3n) is 1.19. The van der Waals surface area contributed by atoms with Gasteiger partial charge in [0.25, 0.3) is 0 Å². The Hall–Kier alpha value is -0.590. The molecule has 0 heterocycles. The van der Waals surface area contributed by atoms with Crippen LogP contribution in [0.25, 0.3) is 0 Å². The van der Waals surface area contributed by atoms with Gasteiger partial charge in [0.05, 0.1) is 0 Å². The molecule has 0 radical (unpaired) electrons. The topological polar surface area (TPSA) is 54.4 Å². The monoisotopic (exact) mass is 204 g/mol. The highest BCUT2D eigenvalue weighted by molar-refractivity contribution is 7.88. The van der Waals surface area contributed by atoms with E-state index in [0.717, 1.165) is 13.8 Å². The molecule has 7 heteroatoms. The van der Waals surface area contributed by atoms with Crippen LogP contribution in [0.2, 0.25) is 0 Å². The van der Waals surface area contributed by atoms with E-state index in [9.17, 15) is 22.2 Å². The van der Waals surface area contributed by atoms with Gasteiger partial charge in [0.1, 0.15) is 15.5 Å². The van der Waals surface area contributed by atoms with Gasteiger partial charge in [0.15, 0.2) is 0 Å². The molecule has 0 aromatic carbocycles. The Morgan fingerprint density at radius 2 is 1.67 bits per heavy atom. The molecule has 3 nitrogen and oxygen atoms in total. The lowest BCUT2D eigenvalue weighted by Crippen LogP contribution is -2.42. The first-order valence-electron chi connectivity index (χ1n) is 2.82. The zero-order valence-electron chi connectivity index (χ0n) is 6.31. The summed E-state index contributed by atoms with van der Waals surface area (Å²) in [6.07, 6.45) is 0. The van der Waals surface area contributed by atoms with Crippen molar-refractivity contribution in [2.75, 3.05) is 0 Å². The fourth-order valence-electron chi connectivity index (χ4n) is 0.369. The summed E-state index contributed by atoms with van der Waals surface area (Å²) in [5.74, 6) is -1.74. The summed E-state index contributed by atoms with van der Waals surface area (Å²) in [6, 6.07) is 0. The van der Waals surface area contributed by atoms with Crippen LogP contribution in [0.5, 0.6) is 0 Å². The first-order valence-corrected chi connectivity index (χ1v) is 3.97. The van der Waals surface area contributed by atoms with Gasteiger partial charge in [-0.05, 0) is 13.8 Å². The van der Waals surface area contributed by atoms with Gasteiger partial charge in [-0.2, -0.15) is 13.2 Å². The second kappa shape index (κ2) is 3.04. The van der Waals surface area contributed by atoms with Crippen molar-refractivity contribution >= 4 is 16.8 Å². The predicted molar refractivity (Wildman–Crippen MR) is 35.9 cm³/mol. The number of carboxylic acid groups (broad SMARTS) is 1. The van der Waals surface area contributed by atoms with Gasteiger partial charge in [-0.25, -0.2) is 4.21 Å². The van der Waals surface area contributed by atoms with Gasteiger partial charge in [0, 0.05) is 0 Å². The van der Waals surface area contributed by atoms with Crippen LogP contribution in [0.4, 0.5) is 13.2 Å². The molecule has 0 spiro atoms. The molecular formula is C5H7F3O3S. The molecule has 1 unspecified atom stereocenters. The Morgan fingerprint density at radius 3 is 1.75 bits per heavy atom. The summed E-state index contributed by atoms with van der Waals surface area (Å²) < 4.78 is 43.5. The Balaban J connectivity index is 4.83. The van der Waals surface area contributed by atoms with Crippen LogP contribution < -0.4 is 0 Å². The average Bonchev–Trinajstić information content (AvgIpc) is 1.83. The Kier molecular flexibility index (Phi) is 2.89. The van der Waals surface area contributed by atoms with E-state index in [4.69, 9.17) is 5.11 Å². The molecule has 0 aromatic heterocycles. The molecule has 0 amide bonds. The van der Waals surface area contributed by atoms with Gasteiger partial charge in [0.2, 0.25) is 0 Å². The summed E-state index contributed by atoms with van der Waals surface area (Å²) in [5, 5.41) is 8.28. The number of halogens is 3. The van der Waals surface area contributed by atoms with Crippen molar-refractivity contribution in [2.45, 2.75) is 24.1 Å². The quantitative estimate of drug-likeness (QED) is 0.733. The lowest BCUT2D eigenvalue weighted by molar-refractivity contribution is -0.139. The summed E-state index contributed by atoms with van der Waals surface area (Å²) in [7, 11) is -3.38. The van der Waals surface area contributed by atoms with Crippen LogP contribution in [0.1, 0.15) is 13.8 Å². The van der Waals surface area contributed by atoms with Gasteiger partial charge >= 0.3 is 11.5 Å². The van der Waals surface area contributed by atoms with Crippen molar-refractivity contribution in [2.24, 2.45) is 0 Å². The number of hydrogen-bond acceptors (Lipinski definition) is 2. The second-order valence-electron chi connectivity index (χ2n) is 2.53. The standard InChI is InChI=1S/C5H7F3O3S/c1-4(2,3(9)10)12(11)5(6,7)8/h1-2H3,(H,9,10). The Bertz CT molecular complexity index is 220. The summed E-state index contributed by atoms with van der Waals surface area (Å²) in [5.41, 5.74) is -4.98. The van der Waals surface area contributed by atoms with E-state index in [-0.39, 0.29) is 0 Å². The second-order valence-corrected chi connectivity index (χ2v) is 4.55. The molecule has 72 valence electrons. The van der Waals surface area contributed by atoms with E-state index in [1.807, 2.05) is 0 Å². The number of rotatable bonds is 2. The largest absolute Gasteiger partial charge is 0.480 e. The van der Waals surface area contributed by atoms with E-state index in [1.54, 1.807) is 0 Å². The van der Waals surface area contributed by atoms with Crippen LogP contribution in [-0.4, -0.2) is 25.5 Å². The molecule has 12 heavy (non-hydrogen) atoms. The minimum atomic E-state index is -4.98. The van der Waals surface area contributed by atoms with Crippen molar-refractivity contribution in [3.8, 4) is 0 Å². The van der Waals surface area contributed by atoms with E-state index >= 15 is 0 Å². The fraction of sp³-hybridized carbons (Fsp3) is 0.800. The van der Waals surface area contributed by atoms with E-state index in [0.29, 0.717) is 0 Å². The van der Waals surface area contributed by atoms with Gasteiger partial charge in [-0.3, -0.25) is 4.79 Å². The van der Waals surface area contributed by atoms with E-state index in [2.05, 4.69) is 0 Å². The average molecular weight is 204 g/mol. The first kappa shape index (κ1) is 11.4. The molecule has 0 aliphatic rings. The third kappa shape index (κ3) is 2.20. The van der Waals surface area contributed by atoms with Crippen molar-refractivity contribution in [3.63, 3.8) is 0 Å². The number of carbonyl (C=O) groups is 1. The maximum absolute atomic E-state index is 11.7. The lowest BCUT2D eigenvalue weighted by Gasteiger charge is -2.19. The minimum Gasteiger partial charge on any atom is -0.480 e. The van der Waals surface area contributed by atoms with Crippen LogP contribution in [-0.2, 0) is 15.6 Å². The molecule has 0 aliphatic carbocycles. The zero-order valence-corrected chi connectivity index (χ0v) is 7.12. The molecule has 0 aromatic rings. The van der Waals surface area contributed by atoms with Crippen LogP contribution in [0, 0.1) is 0 Å². The predicted octanol–water partition coefficient (Wildman–Crippen LogP) is 1.12. The molecule has 0 saturated heterocycles. The van der Waals surface area contributed by atoms with Crippen LogP contribution in [0.3, 0.4) is 0 Å². The molecule has 0 bridgehead atoms. The SMILES string of the molecule is CC(C)(C(=O)O)S(=O)C(F)(F)F. The van der Waals surface area contributed by atoms with Crippen LogP contribution in [0.15, 0.2) is 0 Å². The van der Waals surface area contributed by atoms with Gasteiger partial charge in [-0.1, -0.05) is 0 Å². The van der Waals surface area contributed by atoms with Crippen molar-refractivity contribution in [1.82, 2.24) is 0 Å². The number of aliphatic carboxylic acids is 1. The normalized spacial score (nSPS) is 15.8.